The minimum absolute atomic E-state index is 0.121. The van der Waals surface area contributed by atoms with Crippen LogP contribution >= 0.6 is 0 Å². The molecule has 31 heavy (non-hydrogen) atoms. The molecule has 8 nitrogen and oxygen atoms in total. The Morgan fingerprint density at radius 3 is 3.00 bits per heavy atom. The molecule has 162 valence electrons. The summed E-state index contributed by atoms with van der Waals surface area (Å²) < 4.78 is 11.4. The lowest BCUT2D eigenvalue weighted by Gasteiger charge is -2.33. The van der Waals surface area contributed by atoms with E-state index in [4.69, 9.17) is 9.15 Å². The topological polar surface area (TPSA) is 96.7 Å². The second-order valence-electron chi connectivity index (χ2n) is 7.57. The van der Waals surface area contributed by atoms with Crippen molar-refractivity contribution in [3.05, 3.63) is 60.0 Å². The zero-order valence-electron chi connectivity index (χ0n) is 17.5. The van der Waals surface area contributed by atoms with E-state index in [9.17, 15) is 9.59 Å². The normalized spacial score (nSPS) is 16.8. The Bertz CT molecular complexity index is 1030. The second kappa shape index (κ2) is 9.61. The molecule has 1 saturated heterocycles. The number of nitrogens with zero attached hydrogens (tertiary/aromatic N) is 2. The van der Waals surface area contributed by atoms with Crippen molar-refractivity contribution in [1.29, 1.82) is 0 Å². The molecule has 0 radical (unpaired) electrons. The van der Waals surface area contributed by atoms with E-state index < -0.39 is 6.04 Å². The Hall–Kier alpha value is -3.39. The van der Waals surface area contributed by atoms with Crippen molar-refractivity contribution in [2.75, 3.05) is 32.8 Å². The maximum absolute atomic E-state index is 12.5. The first-order valence-corrected chi connectivity index (χ1v) is 10.4. The Kier molecular flexibility index (Phi) is 6.47. The summed E-state index contributed by atoms with van der Waals surface area (Å²) in [6, 6.07) is 14.7. The van der Waals surface area contributed by atoms with Crippen LogP contribution in [0.1, 0.15) is 11.5 Å². The van der Waals surface area contributed by atoms with E-state index in [1.165, 1.54) is 0 Å². The quantitative estimate of drug-likeness (QED) is 0.536. The number of carbonyl (C=O) groups is 2. The van der Waals surface area contributed by atoms with E-state index in [0.29, 0.717) is 44.1 Å². The fraction of sp³-hybridized carbons (Fsp3) is 0.348. The first-order valence-electron chi connectivity index (χ1n) is 10.4. The molecule has 1 aromatic heterocycles. The van der Waals surface area contributed by atoms with Gasteiger partial charge in [-0.25, -0.2) is 4.98 Å². The molecule has 2 aromatic carbocycles. The number of para-hydroxylation sites is 2. The Morgan fingerprint density at radius 1 is 1.29 bits per heavy atom. The van der Waals surface area contributed by atoms with E-state index in [-0.39, 0.29) is 18.4 Å². The molecule has 1 unspecified atom stereocenters. The smallest absolute Gasteiger partial charge is 0.237 e. The number of aryl methyl sites for hydroxylation is 1. The molecule has 0 spiro atoms. The van der Waals surface area contributed by atoms with Gasteiger partial charge in [-0.05, 0) is 36.8 Å². The number of piperazine rings is 1. The van der Waals surface area contributed by atoms with E-state index >= 15 is 0 Å². The highest BCUT2D eigenvalue weighted by Gasteiger charge is 2.32. The Morgan fingerprint density at radius 2 is 2.16 bits per heavy atom. The van der Waals surface area contributed by atoms with E-state index in [2.05, 4.69) is 15.6 Å². The molecule has 2 N–H and O–H groups in total. The molecule has 1 fully saturated rings. The number of nitrogens with one attached hydrogen (secondary N) is 2. The lowest BCUT2D eigenvalue weighted by molar-refractivity contribution is -0.131. The first-order chi connectivity index (χ1) is 15.1. The predicted molar refractivity (Wildman–Crippen MR) is 116 cm³/mol. The van der Waals surface area contributed by atoms with Crippen LogP contribution in [0.15, 0.2) is 52.9 Å². The molecule has 2 amide bonds. The summed E-state index contributed by atoms with van der Waals surface area (Å²) in [5.41, 5.74) is 2.56. The van der Waals surface area contributed by atoms with Gasteiger partial charge in [0.15, 0.2) is 11.5 Å². The Balaban J connectivity index is 1.30. The summed E-state index contributed by atoms with van der Waals surface area (Å²) in [5.74, 6) is 0.995. The average Bonchev–Trinajstić information content (AvgIpc) is 3.16. The molecule has 0 aliphatic carbocycles. The van der Waals surface area contributed by atoms with Crippen LogP contribution in [-0.2, 0) is 16.0 Å². The van der Waals surface area contributed by atoms with Gasteiger partial charge in [0, 0.05) is 19.5 Å². The summed E-state index contributed by atoms with van der Waals surface area (Å²) in [6.45, 7) is 3.99. The van der Waals surface area contributed by atoms with Crippen molar-refractivity contribution >= 4 is 22.9 Å². The Labute approximate surface area is 180 Å². The molecule has 2 heterocycles. The van der Waals surface area contributed by atoms with Crippen molar-refractivity contribution in [3.63, 3.8) is 0 Å². The van der Waals surface area contributed by atoms with Gasteiger partial charge >= 0.3 is 0 Å². The molecule has 4 rings (SSSR count). The highest BCUT2D eigenvalue weighted by Crippen LogP contribution is 2.18. The highest BCUT2D eigenvalue weighted by atomic mass is 16.5. The first kappa shape index (κ1) is 20.9. The summed E-state index contributed by atoms with van der Waals surface area (Å²) in [4.78, 5) is 31.2. The lowest BCUT2D eigenvalue weighted by atomic mass is 10.1. The zero-order valence-corrected chi connectivity index (χ0v) is 17.5. The molecule has 0 saturated carbocycles. The van der Waals surface area contributed by atoms with Crippen molar-refractivity contribution < 1.29 is 18.7 Å². The summed E-state index contributed by atoms with van der Waals surface area (Å²) in [7, 11) is 0. The predicted octanol–water partition coefficient (Wildman–Crippen LogP) is 1.67. The number of amides is 2. The van der Waals surface area contributed by atoms with E-state index in [0.717, 1.165) is 16.8 Å². The van der Waals surface area contributed by atoms with E-state index in [1.54, 1.807) is 0 Å². The van der Waals surface area contributed by atoms with Gasteiger partial charge in [0.1, 0.15) is 17.9 Å². The maximum Gasteiger partial charge on any atom is 0.237 e. The number of benzene rings is 2. The number of fused-ring (bicyclic) bond motifs is 1. The van der Waals surface area contributed by atoms with Gasteiger partial charge in [-0.2, -0.15) is 0 Å². The zero-order chi connectivity index (χ0) is 21.6. The van der Waals surface area contributed by atoms with Crippen LogP contribution in [0.5, 0.6) is 5.75 Å². The fourth-order valence-corrected chi connectivity index (χ4v) is 3.65. The molecule has 1 atom stereocenters. The summed E-state index contributed by atoms with van der Waals surface area (Å²) in [6.07, 6.45) is 0.310. The number of rotatable bonds is 8. The number of carbonyl (C=O) groups excluding carboxylic acids is 2. The summed E-state index contributed by atoms with van der Waals surface area (Å²) >= 11 is 0. The lowest BCUT2D eigenvalue weighted by Crippen LogP contribution is -2.58. The van der Waals surface area contributed by atoms with Gasteiger partial charge in [0.25, 0.3) is 0 Å². The van der Waals surface area contributed by atoms with Crippen molar-refractivity contribution in [3.8, 4) is 5.75 Å². The molecule has 1 aliphatic heterocycles. The van der Waals surface area contributed by atoms with Crippen LogP contribution < -0.4 is 15.4 Å². The average molecular weight is 422 g/mol. The second-order valence-corrected chi connectivity index (χ2v) is 7.57. The van der Waals surface area contributed by atoms with Crippen LogP contribution in [0.4, 0.5) is 0 Å². The van der Waals surface area contributed by atoms with Gasteiger partial charge in [-0.3, -0.25) is 14.5 Å². The van der Waals surface area contributed by atoms with Crippen molar-refractivity contribution in [2.24, 2.45) is 0 Å². The summed E-state index contributed by atoms with van der Waals surface area (Å²) in [5, 5.41) is 5.72. The number of aromatic nitrogens is 1. The monoisotopic (exact) mass is 422 g/mol. The van der Waals surface area contributed by atoms with Crippen LogP contribution in [0.2, 0.25) is 0 Å². The number of hydrogen-bond donors (Lipinski definition) is 2. The third-order valence-electron chi connectivity index (χ3n) is 5.18. The molecular formula is C23H26N4O4. The van der Waals surface area contributed by atoms with E-state index in [1.807, 2.05) is 60.4 Å². The number of hydrogen-bond acceptors (Lipinski definition) is 6. The molecule has 8 heteroatoms. The van der Waals surface area contributed by atoms with Crippen LogP contribution in [0, 0.1) is 6.92 Å². The van der Waals surface area contributed by atoms with Crippen LogP contribution in [-0.4, -0.2) is 60.5 Å². The molecule has 3 aromatic rings. The minimum Gasteiger partial charge on any atom is -0.492 e. The van der Waals surface area contributed by atoms with Gasteiger partial charge in [-0.1, -0.05) is 24.3 Å². The maximum atomic E-state index is 12.5. The molecular weight excluding hydrogens is 396 g/mol. The standard InChI is InChI=1S/C23H26N4O4/c1-16-5-4-6-17(13-16)30-12-10-24-21(28)15-27-11-9-25-23(29)19(27)14-22-26-18-7-2-3-8-20(18)31-22/h2-8,13,19H,9-12,14-15H2,1H3,(H,24,28)(H,25,29). The van der Waals surface area contributed by atoms with Crippen LogP contribution in [0.25, 0.3) is 11.1 Å². The van der Waals surface area contributed by atoms with Crippen molar-refractivity contribution in [1.82, 2.24) is 20.5 Å². The molecule has 1 aliphatic rings. The van der Waals surface area contributed by atoms with Crippen LogP contribution in [0.3, 0.4) is 0 Å². The van der Waals surface area contributed by atoms with Gasteiger partial charge in [0.2, 0.25) is 11.8 Å². The van der Waals surface area contributed by atoms with Crippen molar-refractivity contribution in [2.45, 2.75) is 19.4 Å². The number of oxazole rings is 1. The van der Waals surface area contributed by atoms with Gasteiger partial charge in [-0.15, -0.1) is 0 Å². The fourth-order valence-electron chi connectivity index (χ4n) is 3.65. The molecule has 0 bridgehead atoms. The SMILES string of the molecule is Cc1cccc(OCCNC(=O)CN2CCNC(=O)C2Cc2nc3ccccc3o2)c1. The number of ether oxygens (including phenoxy) is 1. The third-order valence-corrected chi connectivity index (χ3v) is 5.18. The van der Waals surface area contributed by atoms with Gasteiger partial charge < -0.3 is 19.8 Å². The largest absolute Gasteiger partial charge is 0.492 e. The minimum atomic E-state index is -0.504. The highest BCUT2D eigenvalue weighted by molar-refractivity contribution is 5.84. The third kappa shape index (κ3) is 5.40. The van der Waals surface area contributed by atoms with Gasteiger partial charge in [0.05, 0.1) is 19.1 Å².